The zero-order valence-corrected chi connectivity index (χ0v) is 15.5. The Bertz CT molecular complexity index is 1050. The number of benzene rings is 1. The number of aromatic amines is 1. The van der Waals surface area contributed by atoms with Gasteiger partial charge in [-0.05, 0) is 18.2 Å². The second-order valence-electron chi connectivity index (χ2n) is 5.55. The first-order valence-electron chi connectivity index (χ1n) is 7.97. The van der Waals surface area contributed by atoms with Gasteiger partial charge in [-0.1, -0.05) is 0 Å². The first-order valence-corrected chi connectivity index (χ1v) is 7.97. The van der Waals surface area contributed by atoms with Crippen molar-refractivity contribution in [3.05, 3.63) is 56.2 Å². The van der Waals surface area contributed by atoms with Crippen molar-refractivity contribution in [1.29, 1.82) is 0 Å². The van der Waals surface area contributed by atoms with Crippen molar-refractivity contribution in [2.75, 3.05) is 26.6 Å². The summed E-state index contributed by atoms with van der Waals surface area (Å²) in [7, 11) is 4.28. The van der Waals surface area contributed by atoms with E-state index in [4.69, 9.17) is 19.9 Å². The monoisotopic (exact) mass is 389 g/mol. The molecule has 10 nitrogen and oxygen atoms in total. The number of hydrogen-bond donors (Lipinski definition) is 2. The minimum atomic E-state index is -0.944. The molecule has 2 aromatic rings. The van der Waals surface area contributed by atoms with Gasteiger partial charge in [-0.3, -0.25) is 19.1 Å². The summed E-state index contributed by atoms with van der Waals surface area (Å²) >= 11 is 0. The maximum atomic E-state index is 12.1. The Labute approximate surface area is 159 Å². The van der Waals surface area contributed by atoms with Gasteiger partial charge in [0.15, 0.2) is 6.61 Å². The summed E-state index contributed by atoms with van der Waals surface area (Å²) in [6, 6.07) is 5.01. The number of methoxy groups -OCH3 is 2. The summed E-state index contributed by atoms with van der Waals surface area (Å²) in [5, 5.41) is 0. The van der Waals surface area contributed by atoms with E-state index in [1.807, 2.05) is 4.98 Å². The van der Waals surface area contributed by atoms with Crippen LogP contribution < -0.4 is 26.5 Å². The first-order chi connectivity index (χ1) is 13.3. The number of carbonyl (C=O) groups is 2. The van der Waals surface area contributed by atoms with Gasteiger partial charge in [-0.15, -0.1) is 0 Å². The van der Waals surface area contributed by atoms with Crippen LogP contribution in [0.25, 0.3) is 6.08 Å². The Morgan fingerprint density at radius 3 is 2.57 bits per heavy atom. The Morgan fingerprint density at radius 1 is 1.21 bits per heavy atom. The van der Waals surface area contributed by atoms with Gasteiger partial charge in [-0.25, -0.2) is 9.59 Å². The molecule has 0 aliphatic carbocycles. The molecule has 0 spiro atoms. The minimum Gasteiger partial charge on any atom is -0.497 e. The third-order valence-electron chi connectivity index (χ3n) is 3.83. The predicted molar refractivity (Wildman–Crippen MR) is 101 cm³/mol. The molecule has 0 unspecified atom stereocenters. The quantitative estimate of drug-likeness (QED) is 0.386. The lowest BCUT2D eigenvalue weighted by molar-refractivity contribution is -0.136. The zero-order chi connectivity index (χ0) is 20.8. The number of carbonyl (C=O) groups excluding carboxylic acids is 2. The van der Waals surface area contributed by atoms with E-state index in [9.17, 15) is 19.2 Å². The van der Waals surface area contributed by atoms with E-state index in [-0.39, 0.29) is 5.82 Å². The molecule has 0 saturated carbocycles. The molecule has 10 heteroatoms. The van der Waals surface area contributed by atoms with E-state index in [0.717, 1.165) is 10.6 Å². The van der Waals surface area contributed by atoms with Crippen LogP contribution in [0.15, 0.2) is 33.9 Å². The third kappa shape index (κ3) is 4.47. The number of ketones is 1. The molecule has 0 saturated heterocycles. The fourth-order valence-electron chi connectivity index (χ4n) is 2.28. The molecule has 0 amide bonds. The second kappa shape index (κ2) is 8.71. The molecule has 0 aliphatic rings. The van der Waals surface area contributed by atoms with E-state index < -0.39 is 35.2 Å². The highest BCUT2D eigenvalue weighted by molar-refractivity contribution is 6.01. The number of hydrogen-bond acceptors (Lipinski definition) is 8. The Hall–Kier alpha value is -3.82. The predicted octanol–water partition coefficient (Wildman–Crippen LogP) is 0.112. The van der Waals surface area contributed by atoms with Crippen LogP contribution in [-0.2, 0) is 16.6 Å². The lowest BCUT2D eigenvalue weighted by Gasteiger charge is -2.08. The average Bonchev–Trinajstić information content (AvgIpc) is 2.68. The molecule has 148 valence electrons. The van der Waals surface area contributed by atoms with Crippen LogP contribution in [0, 0.1) is 0 Å². The van der Waals surface area contributed by atoms with E-state index >= 15 is 0 Å². The van der Waals surface area contributed by atoms with Crippen LogP contribution in [0.4, 0.5) is 5.82 Å². The number of anilines is 1. The number of nitrogen functional groups attached to an aromatic ring is 1. The summed E-state index contributed by atoms with van der Waals surface area (Å²) in [5.74, 6) is -0.899. The fourth-order valence-corrected chi connectivity index (χ4v) is 2.28. The molecule has 28 heavy (non-hydrogen) atoms. The molecule has 0 bridgehead atoms. The number of Topliss-reactive ketones (excluding diaryl/α,β-unsaturated/α-hetero) is 1. The SMILES string of the molecule is COc1ccc(/C=C/C(=O)OCC(=O)c2c(N)n(C)c(=O)[nH]c2=O)c(OC)c1. The molecule has 0 aliphatic heterocycles. The summed E-state index contributed by atoms with van der Waals surface area (Å²) in [6.07, 6.45) is 2.55. The maximum Gasteiger partial charge on any atom is 0.331 e. The van der Waals surface area contributed by atoms with Gasteiger partial charge in [0.1, 0.15) is 22.9 Å². The largest absolute Gasteiger partial charge is 0.497 e. The lowest BCUT2D eigenvalue weighted by atomic mass is 10.1. The van der Waals surface area contributed by atoms with E-state index in [0.29, 0.717) is 17.1 Å². The molecule has 2 rings (SSSR count). The van der Waals surface area contributed by atoms with Gasteiger partial charge in [0.05, 0.1) is 14.2 Å². The second-order valence-corrected chi connectivity index (χ2v) is 5.55. The zero-order valence-electron chi connectivity index (χ0n) is 15.5. The van der Waals surface area contributed by atoms with E-state index in [2.05, 4.69) is 0 Å². The van der Waals surface area contributed by atoms with Crippen LogP contribution >= 0.6 is 0 Å². The van der Waals surface area contributed by atoms with Crippen molar-refractivity contribution in [3.63, 3.8) is 0 Å². The summed E-state index contributed by atoms with van der Waals surface area (Å²) < 4.78 is 16.0. The van der Waals surface area contributed by atoms with Crippen molar-refractivity contribution in [3.8, 4) is 11.5 Å². The number of H-pyrrole nitrogens is 1. The van der Waals surface area contributed by atoms with Crippen LogP contribution in [0.5, 0.6) is 11.5 Å². The summed E-state index contributed by atoms with van der Waals surface area (Å²) in [5.41, 5.74) is 4.06. The summed E-state index contributed by atoms with van der Waals surface area (Å²) in [6.45, 7) is -0.714. The molecule has 0 radical (unpaired) electrons. The van der Waals surface area contributed by atoms with Crippen molar-refractivity contribution >= 4 is 23.6 Å². The smallest absolute Gasteiger partial charge is 0.331 e. The van der Waals surface area contributed by atoms with Crippen molar-refractivity contribution in [2.24, 2.45) is 7.05 Å². The Balaban J connectivity index is 2.08. The molecular weight excluding hydrogens is 370 g/mol. The number of esters is 1. The molecule has 3 N–H and O–H groups in total. The number of aromatic nitrogens is 2. The van der Waals surface area contributed by atoms with Gasteiger partial charge in [0, 0.05) is 24.8 Å². The Morgan fingerprint density at radius 2 is 1.93 bits per heavy atom. The lowest BCUT2D eigenvalue weighted by Crippen LogP contribution is -2.35. The minimum absolute atomic E-state index is 0.312. The molecule has 1 heterocycles. The van der Waals surface area contributed by atoms with Gasteiger partial charge in [-0.2, -0.15) is 0 Å². The number of ether oxygens (including phenoxy) is 3. The van der Waals surface area contributed by atoms with Crippen LogP contribution in [-0.4, -0.2) is 42.1 Å². The van der Waals surface area contributed by atoms with Gasteiger partial charge in [0.2, 0.25) is 5.78 Å². The van der Waals surface area contributed by atoms with Gasteiger partial charge in [0.25, 0.3) is 5.56 Å². The van der Waals surface area contributed by atoms with E-state index in [1.165, 1.54) is 27.3 Å². The molecule has 1 aromatic carbocycles. The summed E-state index contributed by atoms with van der Waals surface area (Å²) in [4.78, 5) is 49.2. The standard InChI is InChI=1S/C18H19N3O7/c1-21-16(19)15(17(24)20-18(21)25)12(22)9-28-14(23)7-5-10-4-6-11(26-2)8-13(10)27-3/h4-8H,9,19H2,1-3H3,(H,20,24,25)/b7-5+. The highest BCUT2D eigenvalue weighted by atomic mass is 16.5. The highest BCUT2D eigenvalue weighted by Gasteiger charge is 2.19. The number of nitrogens with zero attached hydrogens (tertiary/aromatic N) is 1. The third-order valence-corrected chi connectivity index (χ3v) is 3.83. The average molecular weight is 389 g/mol. The normalized spacial score (nSPS) is 10.7. The van der Waals surface area contributed by atoms with Crippen LogP contribution in [0.1, 0.15) is 15.9 Å². The maximum absolute atomic E-state index is 12.1. The van der Waals surface area contributed by atoms with Gasteiger partial charge >= 0.3 is 11.7 Å². The van der Waals surface area contributed by atoms with Crippen LogP contribution in [0.3, 0.4) is 0 Å². The Kier molecular flexibility index (Phi) is 6.38. The molecular formula is C18H19N3O7. The van der Waals surface area contributed by atoms with Gasteiger partial charge < -0.3 is 19.9 Å². The molecule has 1 aromatic heterocycles. The number of nitrogens with two attached hydrogens (primary N) is 1. The fraction of sp³-hybridized carbons (Fsp3) is 0.222. The number of rotatable bonds is 7. The number of nitrogens with one attached hydrogen (secondary N) is 1. The van der Waals surface area contributed by atoms with Crippen molar-refractivity contribution in [1.82, 2.24) is 9.55 Å². The first kappa shape index (κ1) is 20.5. The molecule has 0 atom stereocenters. The van der Waals surface area contributed by atoms with Crippen molar-refractivity contribution < 1.29 is 23.8 Å². The van der Waals surface area contributed by atoms with E-state index in [1.54, 1.807) is 18.2 Å². The van der Waals surface area contributed by atoms with Crippen molar-refractivity contribution in [2.45, 2.75) is 0 Å². The topological polar surface area (TPSA) is 143 Å². The highest BCUT2D eigenvalue weighted by Crippen LogP contribution is 2.25. The molecule has 0 fully saturated rings. The van der Waals surface area contributed by atoms with Crippen LogP contribution in [0.2, 0.25) is 0 Å².